The van der Waals surface area contributed by atoms with E-state index in [1.165, 1.54) is 0 Å². The summed E-state index contributed by atoms with van der Waals surface area (Å²) in [7, 11) is 3.70. The van der Waals surface area contributed by atoms with E-state index in [2.05, 4.69) is 0 Å². The molecule has 0 radical (unpaired) electrons. The van der Waals surface area contributed by atoms with Crippen molar-refractivity contribution in [3.8, 4) is 0 Å². The number of hydrogen-bond donors (Lipinski definition) is 0. The molecule has 1 heterocycles. The third-order valence-corrected chi connectivity index (χ3v) is 3.42. The zero-order valence-corrected chi connectivity index (χ0v) is 13.0. The van der Waals surface area contributed by atoms with E-state index in [9.17, 15) is 4.79 Å². The SMILES string of the molecule is CN(CC(=O)N(C)Cc1ccco1)Cc1ccc(Cl)cc1. The van der Waals surface area contributed by atoms with Gasteiger partial charge in [-0.1, -0.05) is 23.7 Å². The maximum atomic E-state index is 12.1. The van der Waals surface area contributed by atoms with Gasteiger partial charge in [-0.2, -0.15) is 0 Å². The standard InChI is InChI=1S/C16H19ClN2O2/c1-18(10-13-5-7-14(17)8-6-13)12-16(20)19(2)11-15-4-3-9-21-15/h3-9H,10-12H2,1-2H3. The highest BCUT2D eigenvalue weighted by molar-refractivity contribution is 6.30. The average Bonchev–Trinajstić information content (AvgIpc) is 2.94. The largest absolute Gasteiger partial charge is 0.467 e. The van der Waals surface area contributed by atoms with Gasteiger partial charge in [0.25, 0.3) is 0 Å². The summed E-state index contributed by atoms with van der Waals surface area (Å²) in [6.07, 6.45) is 1.61. The summed E-state index contributed by atoms with van der Waals surface area (Å²) in [5.41, 5.74) is 1.13. The van der Waals surface area contributed by atoms with Gasteiger partial charge in [0.15, 0.2) is 0 Å². The molecule has 0 spiro atoms. The summed E-state index contributed by atoms with van der Waals surface area (Å²) in [6, 6.07) is 11.3. The zero-order valence-electron chi connectivity index (χ0n) is 12.3. The van der Waals surface area contributed by atoms with Gasteiger partial charge in [-0.05, 0) is 36.9 Å². The van der Waals surface area contributed by atoms with E-state index in [1.54, 1.807) is 18.2 Å². The summed E-state index contributed by atoms with van der Waals surface area (Å²) in [6.45, 7) is 1.55. The molecule has 5 heteroatoms. The van der Waals surface area contributed by atoms with Crippen molar-refractivity contribution in [3.05, 3.63) is 59.0 Å². The molecule has 0 atom stereocenters. The fourth-order valence-electron chi connectivity index (χ4n) is 2.03. The van der Waals surface area contributed by atoms with Crippen LogP contribution in [-0.2, 0) is 17.9 Å². The van der Waals surface area contributed by atoms with Gasteiger partial charge in [0.2, 0.25) is 5.91 Å². The average molecular weight is 307 g/mol. The topological polar surface area (TPSA) is 36.7 Å². The lowest BCUT2D eigenvalue weighted by Gasteiger charge is -2.21. The summed E-state index contributed by atoms with van der Waals surface area (Å²) in [5.74, 6) is 0.842. The molecule has 0 unspecified atom stereocenters. The molecular weight excluding hydrogens is 288 g/mol. The molecule has 0 aliphatic carbocycles. The Morgan fingerprint density at radius 2 is 1.86 bits per heavy atom. The highest BCUT2D eigenvalue weighted by Gasteiger charge is 2.13. The predicted molar refractivity (Wildman–Crippen MR) is 83.0 cm³/mol. The molecule has 0 aliphatic heterocycles. The first-order valence-electron chi connectivity index (χ1n) is 6.74. The van der Waals surface area contributed by atoms with Crippen LogP contribution >= 0.6 is 11.6 Å². The van der Waals surface area contributed by atoms with E-state index in [-0.39, 0.29) is 5.91 Å². The maximum absolute atomic E-state index is 12.1. The Morgan fingerprint density at radius 1 is 1.14 bits per heavy atom. The fraction of sp³-hybridized carbons (Fsp3) is 0.312. The van der Waals surface area contributed by atoms with E-state index in [0.717, 1.165) is 16.3 Å². The zero-order chi connectivity index (χ0) is 15.2. The van der Waals surface area contributed by atoms with Gasteiger partial charge in [-0.15, -0.1) is 0 Å². The molecule has 21 heavy (non-hydrogen) atoms. The molecule has 2 rings (SSSR count). The Balaban J connectivity index is 1.82. The Hall–Kier alpha value is -1.78. The third kappa shape index (κ3) is 4.92. The summed E-state index contributed by atoms with van der Waals surface area (Å²) in [4.78, 5) is 15.8. The molecule has 1 aromatic carbocycles. The van der Waals surface area contributed by atoms with Crippen LogP contribution in [0.2, 0.25) is 5.02 Å². The molecule has 0 fully saturated rings. The molecule has 0 bridgehead atoms. The Labute approximate surface area is 129 Å². The second-order valence-corrected chi connectivity index (χ2v) is 5.56. The van der Waals surface area contributed by atoms with E-state index in [4.69, 9.17) is 16.0 Å². The second kappa shape index (κ2) is 7.29. The predicted octanol–water partition coefficient (Wildman–Crippen LogP) is 3.02. The second-order valence-electron chi connectivity index (χ2n) is 5.13. The van der Waals surface area contributed by atoms with Crippen LogP contribution in [0.5, 0.6) is 0 Å². The quantitative estimate of drug-likeness (QED) is 0.823. The van der Waals surface area contributed by atoms with E-state index in [1.807, 2.05) is 48.3 Å². The number of hydrogen-bond acceptors (Lipinski definition) is 3. The van der Waals surface area contributed by atoms with Gasteiger partial charge >= 0.3 is 0 Å². The molecular formula is C16H19ClN2O2. The highest BCUT2D eigenvalue weighted by Crippen LogP contribution is 2.11. The number of furan rings is 1. The number of rotatable bonds is 6. The van der Waals surface area contributed by atoms with Crippen molar-refractivity contribution < 1.29 is 9.21 Å². The van der Waals surface area contributed by atoms with Gasteiger partial charge in [0, 0.05) is 18.6 Å². The number of carbonyl (C=O) groups excluding carboxylic acids is 1. The highest BCUT2D eigenvalue weighted by atomic mass is 35.5. The van der Waals surface area contributed by atoms with Crippen LogP contribution < -0.4 is 0 Å². The van der Waals surface area contributed by atoms with E-state index >= 15 is 0 Å². The first-order valence-corrected chi connectivity index (χ1v) is 7.11. The minimum absolute atomic E-state index is 0.0582. The van der Waals surface area contributed by atoms with Crippen molar-refractivity contribution in [2.45, 2.75) is 13.1 Å². The monoisotopic (exact) mass is 306 g/mol. The lowest BCUT2D eigenvalue weighted by Crippen LogP contribution is -2.35. The van der Waals surface area contributed by atoms with Crippen molar-refractivity contribution in [1.29, 1.82) is 0 Å². The van der Waals surface area contributed by atoms with Crippen LogP contribution in [0.4, 0.5) is 0 Å². The summed E-state index contributed by atoms with van der Waals surface area (Å²) < 4.78 is 5.25. The van der Waals surface area contributed by atoms with Crippen LogP contribution in [0.25, 0.3) is 0 Å². The third-order valence-electron chi connectivity index (χ3n) is 3.17. The van der Waals surface area contributed by atoms with Crippen LogP contribution in [-0.4, -0.2) is 36.3 Å². The van der Waals surface area contributed by atoms with Crippen LogP contribution in [0.15, 0.2) is 47.1 Å². The van der Waals surface area contributed by atoms with Crippen LogP contribution in [0.3, 0.4) is 0 Å². The summed E-state index contributed by atoms with van der Waals surface area (Å²) in [5, 5.41) is 0.718. The Bertz CT molecular complexity index is 566. The first-order chi connectivity index (χ1) is 10.0. The lowest BCUT2D eigenvalue weighted by molar-refractivity contribution is -0.131. The van der Waals surface area contributed by atoms with E-state index < -0.39 is 0 Å². The van der Waals surface area contributed by atoms with Gasteiger partial charge in [-0.25, -0.2) is 0 Å². The molecule has 1 aromatic heterocycles. The summed E-state index contributed by atoms with van der Waals surface area (Å²) >= 11 is 5.86. The number of benzene rings is 1. The molecule has 0 aliphatic rings. The number of carbonyl (C=O) groups is 1. The molecule has 1 amide bonds. The first kappa shape index (κ1) is 15.6. The van der Waals surface area contributed by atoms with Crippen LogP contribution in [0.1, 0.15) is 11.3 Å². The van der Waals surface area contributed by atoms with Gasteiger partial charge in [0.05, 0.1) is 19.4 Å². The molecule has 2 aromatic rings. The lowest BCUT2D eigenvalue weighted by atomic mass is 10.2. The maximum Gasteiger partial charge on any atom is 0.236 e. The normalized spacial score (nSPS) is 10.9. The molecule has 4 nitrogen and oxygen atoms in total. The Morgan fingerprint density at radius 3 is 2.48 bits per heavy atom. The van der Waals surface area contributed by atoms with Gasteiger partial charge in [0.1, 0.15) is 5.76 Å². The molecule has 0 saturated heterocycles. The Kier molecular flexibility index (Phi) is 5.42. The molecule has 112 valence electrons. The van der Waals surface area contributed by atoms with Crippen LogP contribution in [0, 0.1) is 0 Å². The van der Waals surface area contributed by atoms with Crippen molar-refractivity contribution in [3.63, 3.8) is 0 Å². The minimum atomic E-state index is 0.0582. The van der Waals surface area contributed by atoms with E-state index in [0.29, 0.717) is 19.6 Å². The fourth-order valence-corrected chi connectivity index (χ4v) is 2.16. The van der Waals surface area contributed by atoms with Gasteiger partial charge < -0.3 is 9.32 Å². The smallest absolute Gasteiger partial charge is 0.236 e. The minimum Gasteiger partial charge on any atom is -0.467 e. The van der Waals surface area contributed by atoms with Crippen molar-refractivity contribution in [2.75, 3.05) is 20.6 Å². The van der Waals surface area contributed by atoms with Crippen molar-refractivity contribution in [1.82, 2.24) is 9.80 Å². The van der Waals surface area contributed by atoms with Gasteiger partial charge in [-0.3, -0.25) is 9.69 Å². The number of likely N-dealkylation sites (N-methyl/N-ethyl adjacent to an activating group) is 2. The number of nitrogens with zero attached hydrogens (tertiary/aromatic N) is 2. The molecule has 0 N–H and O–H groups in total. The number of halogens is 1. The molecule has 0 saturated carbocycles. The van der Waals surface area contributed by atoms with Crippen molar-refractivity contribution >= 4 is 17.5 Å². The number of amides is 1. The van der Waals surface area contributed by atoms with Crippen molar-refractivity contribution in [2.24, 2.45) is 0 Å².